The molecule has 4 aliphatic carbocycles. The number of carbonyl (C=O) groups excluding carboxylic acids is 4. The van der Waals surface area contributed by atoms with Gasteiger partial charge in [0.05, 0.1) is 18.2 Å². The van der Waals surface area contributed by atoms with E-state index < -0.39 is 5.60 Å². The van der Waals surface area contributed by atoms with Crippen molar-refractivity contribution in [1.29, 1.82) is 0 Å². The normalized spacial score (nSPS) is 24.5. The number of hydrogen-bond acceptors (Lipinski definition) is 6. The molecule has 6 aliphatic rings. The summed E-state index contributed by atoms with van der Waals surface area (Å²) in [4.78, 5) is 60.0. The smallest absolute Gasteiger partial charge is 0.410 e. The van der Waals surface area contributed by atoms with Crippen LogP contribution in [0.2, 0.25) is 0 Å². The lowest BCUT2D eigenvalue weighted by molar-refractivity contribution is -0.140. The molecule has 2 atom stereocenters. The van der Waals surface area contributed by atoms with Crippen molar-refractivity contribution in [3.8, 4) is 0 Å². The first-order valence-corrected chi connectivity index (χ1v) is 26.7. The summed E-state index contributed by atoms with van der Waals surface area (Å²) in [6.07, 6.45) is 11.9. The van der Waals surface area contributed by atoms with Crippen molar-refractivity contribution in [2.24, 2.45) is 35.0 Å². The summed E-state index contributed by atoms with van der Waals surface area (Å²) in [7, 11) is 3.63. The molecule has 10 nitrogen and oxygen atoms in total. The fourth-order valence-corrected chi connectivity index (χ4v) is 12.5. The highest BCUT2D eigenvalue weighted by molar-refractivity contribution is 5.85. The van der Waals surface area contributed by atoms with Gasteiger partial charge in [-0.3, -0.25) is 9.59 Å². The Morgan fingerprint density at radius 3 is 1.55 bits per heavy atom. The van der Waals surface area contributed by atoms with Crippen LogP contribution < -0.4 is 0 Å². The number of hydrogen-bond donors (Lipinski definition) is 0. The predicted octanol–water partition coefficient (Wildman–Crippen LogP) is 12.2. The molecule has 0 bridgehead atoms. The van der Waals surface area contributed by atoms with E-state index in [0.717, 1.165) is 96.6 Å². The van der Waals surface area contributed by atoms with Gasteiger partial charge in [-0.2, -0.15) is 0 Å². The molecule has 2 fully saturated rings. The Kier molecular flexibility index (Phi) is 16.5. The molecule has 8 rings (SSSR count). The van der Waals surface area contributed by atoms with Crippen LogP contribution in [0.3, 0.4) is 0 Å². The van der Waals surface area contributed by atoms with Crippen molar-refractivity contribution in [1.82, 2.24) is 19.6 Å². The first-order chi connectivity index (χ1) is 32.6. The van der Waals surface area contributed by atoms with Crippen LogP contribution in [0.5, 0.6) is 0 Å². The van der Waals surface area contributed by atoms with Crippen molar-refractivity contribution in [2.45, 2.75) is 176 Å². The Bertz CT molecular complexity index is 2230. The van der Waals surface area contributed by atoms with Gasteiger partial charge in [0.1, 0.15) is 5.60 Å². The van der Waals surface area contributed by atoms with Crippen LogP contribution in [-0.2, 0) is 31.9 Å². The van der Waals surface area contributed by atoms with Crippen LogP contribution in [0.25, 0.3) is 11.1 Å². The molecule has 0 aromatic heterocycles. The lowest BCUT2D eigenvalue weighted by Crippen LogP contribution is -2.50. The Morgan fingerprint density at radius 1 is 0.623 bits per heavy atom. The first kappa shape index (κ1) is 52.2. The van der Waals surface area contributed by atoms with Crippen molar-refractivity contribution >= 4 is 35.1 Å². The van der Waals surface area contributed by atoms with E-state index in [1.54, 1.807) is 9.80 Å². The summed E-state index contributed by atoms with van der Waals surface area (Å²) in [5.74, 6) is 2.19. The summed E-state index contributed by atoms with van der Waals surface area (Å²) in [6.45, 7) is 23.9. The maximum absolute atomic E-state index is 13.9. The molecule has 2 aromatic carbocycles. The number of carbonyl (C=O) groups is 4. The molecule has 4 amide bonds. The van der Waals surface area contributed by atoms with Crippen LogP contribution in [0.1, 0.15) is 162 Å². The second-order valence-electron chi connectivity index (χ2n) is 24.3. The average Bonchev–Trinajstić information content (AvgIpc) is 3.87. The van der Waals surface area contributed by atoms with E-state index in [-0.39, 0.29) is 47.6 Å². The molecule has 0 saturated heterocycles. The van der Waals surface area contributed by atoms with E-state index in [4.69, 9.17) is 9.47 Å². The molecule has 378 valence electrons. The van der Waals surface area contributed by atoms with Gasteiger partial charge in [-0.15, -0.1) is 0 Å². The molecular weight excluding hydrogens is 861 g/mol. The standard InChI is InChI=1S/C31H46N2O3.C28H40N2O3/c1-30(2,3)19-27-26-18-23-10-8-9-11-24(23)25(26)16-17-33(27)28(34)22-14-12-21(13-15-22)20-32(7)29(35)36-31(4,5)6;1-18(2)26-25-16-22-8-6-7-9-23(22)24(25)14-15-30(26)27(31)21-12-10-20(11-13-21)17-29(5)28(32)33-19(3)4/h8-11,21-22,27H,12-20H2,1-7H3;6-9,18-21,26H,10-17H2,1-5H3. The summed E-state index contributed by atoms with van der Waals surface area (Å²) in [5.41, 5.74) is 11.3. The van der Waals surface area contributed by atoms with Gasteiger partial charge in [-0.05, 0) is 186 Å². The van der Waals surface area contributed by atoms with E-state index in [1.165, 1.54) is 44.5 Å². The number of nitrogens with zero attached hydrogens (tertiary/aromatic N) is 4. The molecule has 2 aliphatic heterocycles. The Labute approximate surface area is 415 Å². The predicted molar refractivity (Wildman–Crippen MR) is 277 cm³/mol. The van der Waals surface area contributed by atoms with Gasteiger partial charge in [0.15, 0.2) is 0 Å². The fourth-order valence-electron chi connectivity index (χ4n) is 12.5. The Balaban J connectivity index is 0.000000205. The van der Waals surface area contributed by atoms with E-state index >= 15 is 0 Å². The largest absolute Gasteiger partial charge is 0.447 e. The highest BCUT2D eigenvalue weighted by atomic mass is 16.6. The highest BCUT2D eigenvalue weighted by Crippen LogP contribution is 2.46. The van der Waals surface area contributed by atoms with Gasteiger partial charge in [0.2, 0.25) is 11.8 Å². The maximum Gasteiger partial charge on any atom is 0.410 e. The minimum atomic E-state index is -0.483. The summed E-state index contributed by atoms with van der Waals surface area (Å²) < 4.78 is 10.8. The van der Waals surface area contributed by atoms with E-state index in [0.29, 0.717) is 42.7 Å². The zero-order valence-electron chi connectivity index (χ0n) is 44.5. The quantitative estimate of drug-likeness (QED) is 0.248. The number of rotatable bonds is 9. The highest BCUT2D eigenvalue weighted by Gasteiger charge is 2.43. The van der Waals surface area contributed by atoms with Crippen molar-refractivity contribution in [2.75, 3.05) is 40.3 Å². The van der Waals surface area contributed by atoms with E-state index in [9.17, 15) is 19.2 Å². The van der Waals surface area contributed by atoms with Crippen molar-refractivity contribution in [3.05, 3.63) is 81.9 Å². The van der Waals surface area contributed by atoms with Crippen LogP contribution in [0, 0.1) is 35.0 Å². The molecule has 2 aromatic rings. The zero-order valence-corrected chi connectivity index (χ0v) is 44.5. The minimum Gasteiger partial charge on any atom is -0.447 e. The third-order valence-corrected chi connectivity index (χ3v) is 15.7. The zero-order chi connectivity index (χ0) is 49.9. The Hall–Kier alpha value is -4.60. The first-order valence-electron chi connectivity index (χ1n) is 26.7. The van der Waals surface area contributed by atoms with Crippen LogP contribution in [0.4, 0.5) is 9.59 Å². The monoisotopic (exact) mass is 947 g/mol. The number of benzene rings is 2. The van der Waals surface area contributed by atoms with Crippen LogP contribution >= 0.6 is 0 Å². The minimum absolute atomic E-state index is 0.0986. The molecular formula is C59H86N4O6. The molecule has 2 heterocycles. The van der Waals surface area contributed by atoms with Crippen LogP contribution in [-0.4, -0.2) is 108 Å². The third kappa shape index (κ3) is 12.7. The van der Waals surface area contributed by atoms with Gasteiger partial charge >= 0.3 is 12.2 Å². The average molecular weight is 947 g/mol. The molecule has 69 heavy (non-hydrogen) atoms. The van der Waals surface area contributed by atoms with E-state index in [1.807, 2.05) is 48.7 Å². The van der Waals surface area contributed by atoms with Crippen LogP contribution in [0.15, 0.2) is 59.7 Å². The number of ether oxygens (including phenoxy) is 2. The molecule has 0 radical (unpaired) electrons. The summed E-state index contributed by atoms with van der Waals surface area (Å²) in [5, 5.41) is 0. The lowest BCUT2D eigenvalue weighted by Gasteiger charge is -2.43. The van der Waals surface area contributed by atoms with Crippen molar-refractivity contribution in [3.63, 3.8) is 0 Å². The molecule has 0 spiro atoms. The van der Waals surface area contributed by atoms with Gasteiger partial charge < -0.3 is 29.1 Å². The second-order valence-corrected chi connectivity index (χ2v) is 24.3. The maximum atomic E-state index is 13.9. The third-order valence-electron chi connectivity index (χ3n) is 15.7. The molecule has 10 heteroatoms. The number of amides is 4. The number of fused-ring (bicyclic) bond motifs is 4. The fraction of sp³-hybridized carbons (Fsp3) is 0.661. The summed E-state index contributed by atoms with van der Waals surface area (Å²) in [6, 6.07) is 18.0. The van der Waals surface area contributed by atoms with Gasteiger partial charge in [0, 0.05) is 52.1 Å². The lowest BCUT2D eigenvalue weighted by atomic mass is 9.78. The molecule has 2 unspecified atom stereocenters. The Morgan fingerprint density at radius 2 is 1.07 bits per heavy atom. The van der Waals surface area contributed by atoms with Crippen molar-refractivity contribution < 1.29 is 28.7 Å². The molecule has 2 saturated carbocycles. The molecule has 0 N–H and O–H groups in total. The van der Waals surface area contributed by atoms with Gasteiger partial charge in [-0.25, -0.2) is 9.59 Å². The second kappa shape index (κ2) is 21.8. The SMILES string of the molecule is CC(C)OC(=O)N(C)CC1CCC(C(=O)N2CCC3=C(Cc4ccccc43)C2C(C)C)CC1.CN(CC1CCC(C(=O)N2CCC3=C(Cc4ccccc43)C2CC(C)(C)C)CC1)C(=O)OC(C)(C)C. The summed E-state index contributed by atoms with van der Waals surface area (Å²) >= 11 is 0. The topological polar surface area (TPSA) is 99.7 Å². The van der Waals surface area contributed by atoms with Gasteiger partial charge in [0.25, 0.3) is 0 Å². The van der Waals surface area contributed by atoms with E-state index in [2.05, 4.69) is 92.9 Å². The van der Waals surface area contributed by atoms with Gasteiger partial charge in [-0.1, -0.05) is 83.1 Å².